The summed E-state index contributed by atoms with van der Waals surface area (Å²) in [5.41, 5.74) is 1.57. The first kappa shape index (κ1) is 15.9. The van der Waals surface area contributed by atoms with E-state index >= 15 is 0 Å². The third-order valence-electron chi connectivity index (χ3n) is 3.76. The van der Waals surface area contributed by atoms with Gasteiger partial charge in [0.15, 0.2) is 0 Å². The first-order valence-corrected chi connectivity index (χ1v) is 7.61. The molecule has 3 N–H and O–H groups in total. The van der Waals surface area contributed by atoms with Crippen molar-refractivity contribution in [2.75, 3.05) is 11.9 Å². The molecule has 0 saturated heterocycles. The lowest BCUT2D eigenvalue weighted by molar-refractivity contribution is -0.115. The molecule has 2 aromatic rings. The monoisotopic (exact) mass is 328 g/mol. The predicted octanol–water partition coefficient (Wildman–Crippen LogP) is 2.01. The molecule has 1 aromatic heterocycles. The summed E-state index contributed by atoms with van der Waals surface area (Å²) in [6.07, 6.45) is 3.94. The van der Waals surface area contributed by atoms with E-state index in [9.17, 15) is 14.0 Å². The lowest BCUT2D eigenvalue weighted by Crippen LogP contribution is -2.41. The number of anilines is 1. The summed E-state index contributed by atoms with van der Waals surface area (Å²) in [7, 11) is 0. The zero-order valence-electron chi connectivity index (χ0n) is 12.8. The van der Waals surface area contributed by atoms with Gasteiger partial charge in [0.25, 0.3) is 0 Å². The molecule has 1 heterocycles. The first-order chi connectivity index (χ1) is 11.6. The lowest BCUT2D eigenvalue weighted by Gasteiger charge is -2.08. The Bertz CT molecular complexity index is 721. The van der Waals surface area contributed by atoms with E-state index in [-0.39, 0.29) is 30.2 Å². The van der Waals surface area contributed by atoms with Gasteiger partial charge in [-0.05, 0) is 36.2 Å². The second-order valence-electron chi connectivity index (χ2n) is 5.62. The Balaban J connectivity index is 1.39. The fourth-order valence-electron chi connectivity index (χ4n) is 2.45. The molecule has 0 aliphatic heterocycles. The van der Waals surface area contributed by atoms with Crippen LogP contribution in [0.1, 0.15) is 17.9 Å². The quantitative estimate of drug-likeness (QED) is 0.785. The number of aromatic nitrogens is 1. The number of carbonyl (C=O) groups excluding carboxylic acids is 2. The highest BCUT2D eigenvalue weighted by Gasteiger charge is 2.39. The molecule has 0 bridgehead atoms. The number of carbonyl (C=O) groups is 2. The van der Waals surface area contributed by atoms with Crippen molar-refractivity contribution < 1.29 is 14.0 Å². The summed E-state index contributed by atoms with van der Waals surface area (Å²) in [5.74, 6) is -0.411. The van der Waals surface area contributed by atoms with Crippen molar-refractivity contribution >= 4 is 17.6 Å². The molecule has 1 aliphatic carbocycles. The second-order valence-corrected chi connectivity index (χ2v) is 5.62. The molecule has 7 heteroatoms. The van der Waals surface area contributed by atoms with Gasteiger partial charge in [-0.25, -0.2) is 9.18 Å². The van der Waals surface area contributed by atoms with Gasteiger partial charge in [0, 0.05) is 18.2 Å². The van der Waals surface area contributed by atoms with E-state index in [0.717, 1.165) is 12.0 Å². The average Bonchev–Trinajstić information content (AvgIpc) is 3.33. The maximum Gasteiger partial charge on any atom is 0.315 e. The maximum atomic E-state index is 12.9. The lowest BCUT2D eigenvalue weighted by atomic mass is 10.1. The Morgan fingerprint density at radius 1 is 1.21 bits per heavy atom. The van der Waals surface area contributed by atoms with Crippen LogP contribution < -0.4 is 16.0 Å². The van der Waals surface area contributed by atoms with E-state index in [1.165, 1.54) is 18.3 Å². The van der Waals surface area contributed by atoms with E-state index in [1.54, 1.807) is 30.5 Å². The number of halogens is 1. The van der Waals surface area contributed by atoms with Crippen molar-refractivity contribution in [3.63, 3.8) is 0 Å². The van der Waals surface area contributed by atoms with Crippen LogP contribution in [0.5, 0.6) is 0 Å². The summed E-state index contributed by atoms with van der Waals surface area (Å²) in [6.45, 7) is -0.130. The summed E-state index contributed by atoms with van der Waals surface area (Å²) in [6, 6.07) is 9.30. The number of amides is 3. The molecule has 1 fully saturated rings. The van der Waals surface area contributed by atoms with Crippen LogP contribution in [-0.2, 0) is 4.79 Å². The Morgan fingerprint density at radius 2 is 2.00 bits per heavy atom. The normalized spacial score (nSPS) is 18.5. The molecule has 1 aromatic carbocycles. The van der Waals surface area contributed by atoms with Crippen LogP contribution >= 0.6 is 0 Å². The van der Waals surface area contributed by atoms with Crippen LogP contribution in [0.15, 0.2) is 48.8 Å². The van der Waals surface area contributed by atoms with Crippen LogP contribution in [0.4, 0.5) is 14.9 Å². The molecule has 0 spiro atoms. The highest BCUT2D eigenvalue weighted by atomic mass is 19.1. The van der Waals surface area contributed by atoms with Crippen LogP contribution in [-0.4, -0.2) is 29.5 Å². The smallest absolute Gasteiger partial charge is 0.315 e. The van der Waals surface area contributed by atoms with Crippen molar-refractivity contribution in [3.8, 4) is 0 Å². The average molecular weight is 328 g/mol. The first-order valence-electron chi connectivity index (χ1n) is 7.61. The van der Waals surface area contributed by atoms with Gasteiger partial charge in [0.2, 0.25) is 5.91 Å². The molecule has 6 nitrogen and oxygen atoms in total. The molecule has 0 unspecified atom stereocenters. The Hall–Kier alpha value is -2.96. The molecule has 1 saturated carbocycles. The number of pyridine rings is 1. The number of nitrogens with zero attached hydrogens (tertiary/aromatic N) is 1. The Kier molecular flexibility index (Phi) is 4.69. The van der Waals surface area contributed by atoms with Gasteiger partial charge in [-0.3, -0.25) is 9.78 Å². The Labute approximate surface area is 138 Å². The zero-order valence-corrected chi connectivity index (χ0v) is 12.8. The summed E-state index contributed by atoms with van der Waals surface area (Å²) >= 11 is 0. The van der Waals surface area contributed by atoms with Crippen molar-refractivity contribution in [2.24, 2.45) is 0 Å². The minimum atomic E-state index is -0.397. The molecule has 2 atom stereocenters. The van der Waals surface area contributed by atoms with Gasteiger partial charge in [0.05, 0.1) is 18.4 Å². The van der Waals surface area contributed by atoms with Gasteiger partial charge in [-0.15, -0.1) is 0 Å². The molecule has 1 aliphatic rings. The SMILES string of the molecule is O=C(CNC(=O)N[C@@H]1C[C@@H]1c1ccc(F)cc1)Nc1cccnc1. The molecular formula is C17H17FN4O2. The highest BCUT2D eigenvalue weighted by molar-refractivity contribution is 5.94. The molecule has 3 amide bonds. The Morgan fingerprint density at radius 3 is 2.71 bits per heavy atom. The third-order valence-corrected chi connectivity index (χ3v) is 3.76. The topological polar surface area (TPSA) is 83.1 Å². The third kappa shape index (κ3) is 4.28. The van der Waals surface area contributed by atoms with Crippen LogP contribution in [0.25, 0.3) is 0 Å². The van der Waals surface area contributed by atoms with Gasteiger partial charge >= 0.3 is 6.03 Å². The van der Waals surface area contributed by atoms with Crippen LogP contribution in [0.3, 0.4) is 0 Å². The minimum absolute atomic E-state index is 0.0110. The van der Waals surface area contributed by atoms with Crippen molar-refractivity contribution in [1.29, 1.82) is 0 Å². The highest BCUT2D eigenvalue weighted by Crippen LogP contribution is 2.40. The van der Waals surface area contributed by atoms with Crippen molar-refractivity contribution in [1.82, 2.24) is 15.6 Å². The van der Waals surface area contributed by atoms with Gasteiger partial charge < -0.3 is 16.0 Å². The van der Waals surface area contributed by atoms with Crippen LogP contribution in [0, 0.1) is 5.82 Å². The van der Waals surface area contributed by atoms with Gasteiger partial charge in [-0.2, -0.15) is 0 Å². The molecule has 24 heavy (non-hydrogen) atoms. The number of urea groups is 1. The van der Waals surface area contributed by atoms with E-state index in [4.69, 9.17) is 0 Å². The molecular weight excluding hydrogens is 311 g/mol. The predicted molar refractivity (Wildman–Crippen MR) is 86.9 cm³/mol. The summed E-state index contributed by atoms with van der Waals surface area (Å²) in [5, 5.41) is 7.94. The van der Waals surface area contributed by atoms with Crippen LogP contribution in [0.2, 0.25) is 0 Å². The molecule has 3 rings (SSSR count). The van der Waals surface area contributed by atoms with E-state index < -0.39 is 6.03 Å². The summed E-state index contributed by atoms with van der Waals surface area (Å²) < 4.78 is 12.9. The molecule has 124 valence electrons. The summed E-state index contributed by atoms with van der Waals surface area (Å²) in [4.78, 5) is 27.4. The zero-order chi connectivity index (χ0) is 16.9. The number of benzene rings is 1. The van der Waals surface area contributed by atoms with Gasteiger partial charge in [-0.1, -0.05) is 12.1 Å². The standard InChI is InChI=1S/C17H17FN4O2/c18-12-5-3-11(4-6-12)14-8-15(14)22-17(24)20-10-16(23)21-13-2-1-7-19-9-13/h1-7,9,14-15H,8,10H2,(H,21,23)(H2,20,22,24)/t14-,15-/m1/s1. The number of hydrogen-bond donors (Lipinski definition) is 3. The maximum absolute atomic E-state index is 12.9. The van der Waals surface area contributed by atoms with Crippen molar-refractivity contribution in [2.45, 2.75) is 18.4 Å². The van der Waals surface area contributed by atoms with Crippen molar-refractivity contribution in [3.05, 3.63) is 60.2 Å². The fraction of sp³-hybridized carbons (Fsp3) is 0.235. The second kappa shape index (κ2) is 7.08. The fourth-order valence-corrected chi connectivity index (χ4v) is 2.45. The number of nitrogens with one attached hydrogen (secondary N) is 3. The molecule has 0 radical (unpaired) electrons. The largest absolute Gasteiger partial charge is 0.335 e. The number of hydrogen-bond acceptors (Lipinski definition) is 3. The number of rotatable bonds is 5. The van der Waals surface area contributed by atoms with E-state index in [2.05, 4.69) is 20.9 Å². The van der Waals surface area contributed by atoms with Gasteiger partial charge in [0.1, 0.15) is 5.82 Å². The van der Waals surface area contributed by atoms with E-state index in [1.807, 2.05) is 0 Å². The minimum Gasteiger partial charge on any atom is -0.335 e. The van der Waals surface area contributed by atoms with E-state index in [0.29, 0.717) is 5.69 Å².